The Hall–Kier alpha value is -0.160. The topological polar surface area (TPSA) is 44.7 Å². The Kier molecular flexibility index (Phi) is 5.40. The molecule has 4 heteroatoms. The van der Waals surface area contributed by atoms with Gasteiger partial charge in [0.15, 0.2) is 0 Å². The highest BCUT2D eigenvalue weighted by atomic mass is 16.5. The Morgan fingerprint density at radius 2 is 2.43 bits per heavy atom. The summed E-state index contributed by atoms with van der Waals surface area (Å²) in [5, 5.41) is 12.1. The van der Waals surface area contributed by atoms with Gasteiger partial charge in [-0.05, 0) is 20.4 Å². The normalized spacial score (nSPS) is 26.4. The molecule has 1 rings (SSSR count). The van der Waals surface area contributed by atoms with Crippen LogP contribution in [0.2, 0.25) is 0 Å². The van der Waals surface area contributed by atoms with Crippen LogP contribution in [0.1, 0.15) is 13.3 Å². The molecule has 1 aliphatic rings. The second-order valence-electron chi connectivity index (χ2n) is 3.92. The fraction of sp³-hybridized carbons (Fsp3) is 1.00. The van der Waals surface area contributed by atoms with Gasteiger partial charge >= 0.3 is 0 Å². The molecule has 0 spiro atoms. The van der Waals surface area contributed by atoms with E-state index in [0.717, 1.165) is 32.7 Å². The maximum absolute atomic E-state index is 8.88. The van der Waals surface area contributed by atoms with Crippen molar-refractivity contribution < 1.29 is 9.84 Å². The van der Waals surface area contributed by atoms with Gasteiger partial charge in [-0.15, -0.1) is 0 Å². The van der Waals surface area contributed by atoms with Crippen LogP contribution in [0.15, 0.2) is 0 Å². The SMILES string of the molecule is CNC(CCO)CN1CCOCC1C. The van der Waals surface area contributed by atoms with Crippen molar-refractivity contribution in [1.82, 2.24) is 10.2 Å². The van der Waals surface area contributed by atoms with E-state index in [1.54, 1.807) is 0 Å². The number of hydrogen-bond donors (Lipinski definition) is 2. The number of ether oxygens (including phenoxy) is 1. The summed E-state index contributed by atoms with van der Waals surface area (Å²) in [6, 6.07) is 0.888. The van der Waals surface area contributed by atoms with E-state index in [9.17, 15) is 0 Å². The summed E-state index contributed by atoms with van der Waals surface area (Å²) in [4.78, 5) is 2.42. The van der Waals surface area contributed by atoms with Gasteiger partial charge < -0.3 is 15.2 Å². The van der Waals surface area contributed by atoms with Crippen LogP contribution in [0.25, 0.3) is 0 Å². The first kappa shape index (κ1) is 11.9. The minimum absolute atomic E-state index is 0.254. The zero-order valence-electron chi connectivity index (χ0n) is 9.20. The number of nitrogens with zero attached hydrogens (tertiary/aromatic N) is 1. The van der Waals surface area contributed by atoms with Crippen molar-refractivity contribution in [3.8, 4) is 0 Å². The zero-order chi connectivity index (χ0) is 10.4. The molecule has 1 saturated heterocycles. The third-order valence-electron chi connectivity index (χ3n) is 2.85. The number of aliphatic hydroxyl groups excluding tert-OH is 1. The number of rotatable bonds is 5. The van der Waals surface area contributed by atoms with E-state index in [1.807, 2.05) is 7.05 Å². The van der Waals surface area contributed by atoms with E-state index in [2.05, 4.69) is 17.1 Å². The number of hydrogen-bond acceptors (Lipinski definition) is 4. The van der Waals surface area contributed by atoms with E-state index in [-0.39, 0.29) is 6.61 Å². The number of nitrogens with one attached hydrogen (secondary N) is 1. The van der Waals surface area contributed by atoms with Crippen LogP contribution >= 0.6 is 0 Å². The maximum Gasteiger partial charge on any atom is 0.0619 e. The van der Waals surface area contributed by atoms with Gasteiger partial charge in [-0.25, -0.2) is 0 Å². The summed E-state index contributed by atoms with van der Waals surface area (Å²) in [6.07, 6.45) is 0.820. The van der Waals surface area contributed by atoms with Crippen molar-refractivity contribution in [2.75, 3.05) is 40.0 Å². The molecular formula is C10H22N2O2. The van der Waals surface area contributed by atoms with Crippen molar-refractivity contribution in [2.45, 2.75) is 25.4 Å². The molecule has 1 heterocycles. The van der Waals surface area contributed by atoms with E-state index in [4.69, 9.17) is 9.84 Å². The van der Waals surface area contributed by atoms with Gasteiger partial charge in [0.1, 0.15) is 0 Å². The van der Waals surface area contributed by atoms with Crippen LogP contribution in [-0.4, -0.2) is 62.0 Å². The number of aliphatic hydroxyl groups is 1. The van der Waals surface area contributed by atoms with Gasteiger partial charge in [0, 0.05) is 31.8 Å². The molecule has 1 fully saturated rings. The van der Waals surface area contributed by atoms with Crippen molar-refractivity contribution in [3.05, 3.63) is 0 Å². The van der Waals surface area contributed by atoms with Gasteiger partial charge in [-0.3, -0.25) is 4.90 Å². The largest absolute Gasteiger partial charge is 0.396 e. The second kappa shape index (κ2) is 6.35. The molecule has 0 bridgehead atoms. The van der Waals surface area contributed by atoms with Crippen molar-refractivity contribution in [2.24, 2.45) is 0 Å². The Bertz CT molecular complexity index is 155. The summed E-state index contributed by atoms with van der Waals surface area (Å²) in [6.45, 7) is 6.11. The van der Waals surface area contributed by atoms with Gasteiger partial charge in [-0.1, -0.05) is 0 Å². The zero-order valence-corrected chi connectivity index (χ0v) is 9.20. The molecule has 0 aromatic heterocycles. The lowest BCUT2D eigenvalue weighted by molar-refractivity contribution is -0.00503. The Labute approximate surface area is 86.2 Å². The Morgan fingerprint density at radius 1 is 1.64 bits per heavy atom. The lowest BCUT2D eigenvalue weighted by Crippen LogP contribution is -2.49. The average molecular weight is 202 g/mol. The summed E-state index contributed by atoms with van der Waals surface area (Å²) < 4.78 is 5.38. The van der Waals surface area contributed by atoms with Crippen molar-refractivity contribution >= 4 is 0 Å². The van der Waals surface area contributed by atoms with Crippen LogP contribution in [0.4, 0.5) is 0 Å². The molecule has 0 aromatic rings. The standard InChI is InChI=1S/C10H22N2O2/c1-9-8-14-6-4-12(9)7-10(11-2)3-5-13/h9-11,13H,3-8H2,1-2H3. The predicted molar refractivity (Wildman–Crippen MR) is 56.4 cm³/mol. The molecular weight excluding hydrogens is 180 g/mol. The molecule has 0 radical (unpaired) electrons. The highest BCUT2D eigenvalue weighted by molar-refractivity contribution is 4.76. The lowest BCUT2D eigenvalue weighted by Gasteiger charge is -2.35. The predicted octanol–water partition coefficient (Wildman–Crippen LogP) is -0.322. The molecule has 2 N–H and O–H groups in total. The summed E-state index contributed by atoms with van der Waals surface area (Å²) in [7, 11) is 1.95. The van der Waals surface area contributed by atoms with Crippen LogP contribution < -0.4 is 5.32 Å². The lowest BCUT2D eigenvalue weighted by atomic mass is 10.1. The number of morpholine rings is 1. The van der Waals surface area contributed by atoms with Gasteiger partial charge in [0.25, 0.3) is 0 Å². The molecule has 0 saturated carbocycles. The van der Waals surface area contributed by atoms with E-state index < -0.39 is 0 Å². The van der Waals surface area contributed by atoms with Crippen LogP contribution in [-0.2, 0) is 4.74 Å². The van der Waals surface area contributed by atoms with E-state index in [0.29, 0.717) is 12.1 Å². The average Bonchev–Trinajstić information content (AvgIpc) is 2.20. The highest BCUT2D eigenvalue weighted by Gasteiger charge is 2.21. The third kappa shape index (κ3) is 3.53. The van der Waals surface area contributed by atoms with Crippen LogP contribution in [0.3, 0.4) is 0 Å². The first-order valence-electron chi connectivity index (χ1n) is 5.38. The second-order valence-corrected chi connectivity index (χ2v) is 3.92. The molecule has 0 aromatic carbocycles. The molecule has 0 amide bonds. The highest BCUT2D eigenvalue weighted by Crippen LogP contribution is 2.07. The maximum atomic E-state index is 8.88. The smallest absolute Gasteiger partial charge is 0.0619 e. The van der Waals surface area contributed by atoms with E-state index >= 15 is 0 Å². The van der Waals surface area contributed by atoms with Gasteiger partial charge in [0.05, 0.1) is 13.2 Å². The third-order valence-corrected chi connectivity index (χ3v) is 2.85. The molecule has 2 unspecified atom stereocenters. The van der Waals surface area contributed by atoms with Crippen molar-refractivity contribution in [1.29, 1.82) is 0 Å². The summed E-state index contributed by atoms with van der Waals surface area (Å²) >= 11 is 0. The monoisotopic (exact) mass is 202 g/mol. The quantitative estimate of drug-likeness (QED) is 0.641. The first-order valence-corrected chi connectivity index (χ1v) is 5.38. The minimum atomic E-state index is 0.254. The van der Waals surface area contributed by atoms with E-state index in [1.165, 1.54) is 0 Å². The first-order chi connectivity index (χ1) is 6.77. The molecule has 14 heavy (non-hydrogen) atoms. The summed E-state index contributed by atoms with van der Waals surface area (Å²) in [5.41, 5.74) is 0. The Balaban J connectivity index is 2.31. The van der Waals surface area contributed by atoms with Gasteiger partial charge in [0.2, 0.25) is 0 Å². The Morgan fingerprint density at radius 3 is 3.00 bits per heavy atom. The fourth-order valence-electron chi connectivity index (χ4n) is 1.80. The molecule has 1 aliphatic heterocycles. The molecule has 4 nitrogen and oxygen atoms in total. The molecule has 2 atom stereocenters. The van der Waals surface area contributed by atoms with Crippen molar-refractivity contribution in [3.63, 3.8) is 0 Å². The van der Waals surface area contributed by atoms with Crippen LogP contribution in [0.5, 0.6) is 0 Å². The summed E-state index contributed by atoms with van der Waals surface area (Å²) in [5.74, 6) is 0. The molecule has 84 valence electrons. The number of likely N-dealkylation sites (N-methyl/N-ethyl adjacent to an activating group) is 1. The fourth-order valence-corrected chi connectivity index (χ4v) is 1.80. The van der Waals surface area contributed by atoms with Gasteiger partial charge in [-0.2, -0.15) is 0 Å². The van der Waals surface area contributed by atoms with Crippen LogP contribution in [0, 0.1) is 0 Å². The minimum Gasteiger partial charge on any atom is -0.396 e. The molecule has 0 aliphatic carbocycles.